The SMILES string of the molecule is CC1(c2cccc(C#N)c2)OC=CO1. The van der Waals surface area contributed by atoms with Gasteiger partial charge in [-0.15, -0.1) is 0 Å². The molecule has 1 heterocycles. The van der Waals surface area contributed by atoms with Crippen molar-refractivity contribution < 1.29 is 9.47 Å². The Hall–Kier alpha value is -1.95. The molecule has 3 nitrogen and oxygen atoms in total. The normalized spacial score (nSPS) is 16.9. The van der Waals surface area contributed by atoms with E-state index < -0.39 is 5.79 Å². The molecule has 0 spiro atoms. The average molecular weight is 187 g/mol. The number of rotatable bonds is 1. The first-order valence-electron chi connectivity index (χ1n) is 4.26. The second kappa shape index (κ2) is 3.08. The average Bonchev–Trinajstić information content (AvgIpc) is 2.67. The third kappa shape index (κ3) is 1.31. The van der Waals surface area contributed by atoms with Crippen molar-refractivity contribution in [3.05, 3.63) is 47.9 Å². The summed E-state index contributed by atoms with van der Waals surface area (Å²) in [5, 5.41) is 8.74. The van der Waals surface area contributed by atoms with Crippen LogP contribution in [0.15, 0.2) is 36.8 Å². The van der Waals surface area contributed by atoms with Crippen molar-refractivity contribution in [2.24, 2.45) is 0 Å². The van der Waals surface area contributed by atoms with Gasteiger partial charge in [-0.2, -0.15) is 5.26 Å². The first kappa shape index (κ1) is 8.64. The Bertz CT molecular complexity index is 410. The molecule has 0 N–H and O–H groups in total. The number of nitriles is 1. The zero-order valence-electron chi connectivity index (χ0n) is 7.73. The molecule has 0 saturated carbocycles. The van der Waals surface area contributed by atoms with Crippen LogP contribution in [0.2, 0.25) is 0 Å². The lowest BCUT2D eigenvalue weighted by Gasteiger charge is -2.23. The van der Waals surface area contributed by atoms with E-state index in [2.05, 4.69) is 6.07 Å². The number of hydrogen-bond donors (Lipinski definition) is 0. The summed E-state index contributed by atoms with van der Waals surface area (Å²) in [4.78, 5) is 0. The summed E-state index contributed by atoms with van der Waals surface area (Å²) < 4.78 is 10.6. The molecule has 1 aliphatic rings. The number of hydrogen-bond acceptors (Lipinski definition) is 3. The maximum atomic E-state index is 8.74. The zero-order valence-corrected chi connectivity index (χ0v) is 7.73. The molecular weight excluding hydrogens is 178 g/mol. The molecule has 0 unspecified atom stereocenters. The maximum absolute atomic E-state index is 8.74. The molecule has 1 aromatic rings. The maximum Gasteiger partial charge on any atom is 0.273 e. The lowest BCUT2D eigenvalue weighted by molar-refractivity contribution is -0.133. The fraction of sp³-hybridized carbons (Fsp3) is 0.182. The molecule has 1 aromatic carbocycles. The van der Waals surface area contributed by atoms with E-state index in [4.69, 9.17) is 14.7 Å². The standard InChI is InChI=1S/C11H9NO2/c1-11(13-5-6-14-11)10-4-2-3-9(7-10)8-12/h2-7H,1H3. The zero-order chi connectivity index (χ0) is 10.0. The highest BCUT2D eigenvalue weighted by Crippen LogP contribution is 2.31. The quantitative estimate of drug-likeness (QED) is 0.677. The monoisotopic (exact) mass is 187 g/mol. The molecule has 0 atom stereocenters. The summed E-state index contributed by atoms with van der Waals surface area (Å²) in [7, 11) is 0. The van der Waals surface area contributed by atoms with E-state index in [1.807, 2.05) is 19.1 Å². The lowest BCUT2D eigenvalue weighted by Crippen LogP contribution is -2.22. The third-order valence-corrected chi connectivity index (χ3v) is 2.16. The Morgan fingerprint density at radius 3 is 2.64 bits per heavy atom. The van der Waals surface area contributed by atoms with Crippen LogP contribution in [0, 0.1) is 11.3 Å². The minimum absolute atomic E-state index is 0.600. The van der Waals surface area contributed by atoms with Crippen LogP contribution in [-0.4, -0.2) is 0 Å². The van der Waals surface area contributed by atoms with Crippen molar-refractivity contribution in [1.29, 1.82) is 5.26 Å². The van der Waals surface area contributed by atoms with Crippen LogP contribution in [0.3, 0.4) is 0 Å². The second-order valence-electron chi connectivity index (χ2n) is 3.15. The van der Waals surface area contributed by atoms with E-state index in [1.54, 1.807) is 12.1 Å². The molecule has 0 saturated heterocycles. The highest BCUT2D eigenvalue weighted by Gasteiger charge is 2.31. The first-order chi connectivity index (χ1) is 6.74. The molecule has 1 aliphatic heterocycles. The van der Waals surface area contributed by atoms with E-state index in [1.165, 1.54) is 12.5 Å². The van der Waals surface area contributed by atoms with Crippen molar-refractivity contribution in [3.63, 3.8) is 0 Å². The summed E-state index contributed by atoms with van der Waals surface area (Å²) >= 11 is 0. The minimum atomic E-state index is -0.785. The molecule has 14 heavy (non-hydrogen) atoms. The van der Waals surface area contributed by atoms with Crippen LogP contribution in [0.5, 0.6) is 0 Å². The highest BCUT2D eigenvalue weighted by atomic mass is 16.7. The van der Waals surface area contributed by atoms with Gasteiger partial charge in [0, 0.05) is 12.5 Å². The Balaban J connectivity index is 2.37. The Morgan fingerprint density at radius 1 is 1.29 bits per heavy atom. The number of benzene rings is 1. The molecular formula is C11H9NO2. The van der Waals surface area contributed by atoms with Gasteiger partial charge in [0.25, 0.3) is 5.79 Å². The van der Waals surface area contributed by atoms with Gasteiger partial charge in [-0.1, -0.05) is 12.1 Å². The van der Waals surface area contributed by atoms with E-state index in [0.29, 0.717) is 5.56 Å². The number of ether oxygens (including phenoxy) is 2. The van der Waals surface area contributed by atoms with Crippen LogP contribution in [-0.2, 0) is 15.3 Å². The van der Waals surface area contributed by atoms with Gasteiger partial charge in [-0.25, -0.2) is 0 Å². The first-order valence-corrected chi connectivity index (χ1v) is 4.26. The molecule has 0 bridgehead atoms. The predicted octanol–water partition coefficient (Wildman–Crippen LogP) is 2.25. The molecule has 0 amide bonds. The van der Waals surface area contributed by atoms with Crippen LogP contribution in [0.1, 0.15) is 18.1 Å². The van der Waals surface area contributed by atoms with E-state index in [-0.39, 0.29) is 0 Å². The fourth-order valence-electron chi connectivity index (χ4n) is 1.35. The van der Waals surface area contributed by atoms with E-state index >= 15 is 0 Å². The summed E-state index contributed by atoms with van der Waals surface area (Å²) in [5.41, 5.74) is 1.43. The van der Waals surface area contributed by atoms with Crippen molar-refractivity contribution >= 4 is 0 Å². The topological polar surface area (TPSA) is 42.2 Å². The van der Waals surface area contributed by atoms with Crippen LogP contribution in [0.4, 0.5) is 0 Å². The van der Waals surface area contributed by atoms with Crippen molar-refractivity contribution in [2.75, 3.05) is 0 Å². The fourth-order valence-corrected chi connectivity index (χ4v) is 1.35. The van der Waals surface area contributed by atoms with Gasteiger partial charge in [0.1, 0.15) is 12.5 Å². The Kier molecular flexibility index (Phi) is 1.90. The minimum Gasteiger partial charge on any atom is -0.453 e. The Morgan fingerprint density at radius 2 is 2.00 bits per heavy atom. The van der Waals surface area contributed by atoms with Crippen LogP contribution >= 0.6 is 0 Å². The van der Waals surface area contributed by atoms with E-state index in [0.717, 1.165) is 5.56 Å². The van der Waals surface area contributed by atoms with Gasteiger partial charge >= 0.3 is 0 Å². The van der Waals surface area contributed by atoms with Gasteiger partial charge < -0.3 is 9.47 Å². The molecule has 3 heteroatoms. The molecule has 2 rings (SSSR count). The molecule has 0 aromatic heterocycles. The van der Waals surface area contributed by atoms with Gasteiger partial charge in [0.15, 0.2) is 0 Å². The number of nitrogens with zero attached hydrogens (tertiary/aromatic N) is 1. The summed E-state index contributed by atoms with van der Waals surface area (Å²) in [6, 6.07) is 9.26. The molecule has 0 radical (unpaired) electrons. The smallest absolute Gasteiger partial charge is 0.273 e. The second-order valence-corrected chi connectivity index (χ2v) is 3.15. The summed E-state index contributed by atoms with van der Waals surface area (Å²) in [6.45, 7) is 1.81. The largest absolute Gasteiger partial charge is 0.453 e. The predicted molar refractivity (Wildman–Crippen MR) is 49.8 cm³/mol. The van der Waals surface area contributed by atoms with Gasteiger partial charge in [0.05, 0.1) is 11.6 Å². The molecule has 70 valence electrons. The van der Waals surface area contributed by atoms with Crippen molar-refractivity contribution in [1.82, 2.24) is 0 Å². The van der Waals surface area contributed by atoms with Crippen LogP contribution < -0.4 is 0 Å². The van der Waals surface area contributed by atoms with E-state index in [9.17, 15) is 0 Å². The van der Waals surface area contributed by atoms with Crippen molar-refractivity contribution in [2.45, 2.75) is 12.7 Å². The van der Waals surface area contributed by atoms with Gasteiger partial charge in [-0.05, 0) is 12.1 Å². The van der Waals surface area contributed by atoms with Crippen molar-refractivity contribution in [3.8, 4) is 6.07 Å². The summed E-state index contributed by atoms with van der Waals surface area (Å²) in [5.74, 6) is -0.785. The third-order valence-electron chi connectivity index (χ3n) is 2.16. The highest BCUT2D eigenvalue weighted by molar-refractivity contribution is 5.35. The summed E-state index contributed by atoms with van der Waals surface area (Å²) in [6.07, 6.45) is 3.00. The van der Waals surface area contributed by atoms with Gasteiger partial charge in [-0.3, -0.25) is 0 Å². The van der Waals surface area contributed by atoms with Crippen LogP contribution in [0.25, 0.3) is 0 Å². The molecule has 0 fully saturated rings. The molecule has 0 aliphatic carbocycles. The Labute approximate surface area is 82.2 Å². The lowest BCUT2D eigenvalue weighted by atomic mass is 10.0. The van der Waals surface area contributed by atoms with Gasteiger partial charge in [0.2, 0.25) is 0 Å².